The minimum atomic E-state index is -0.370. The number of nitrogens with zero attached hydrogens (tertiary/aromatic N) is 5. The molecule has 3 aromatic heterocycles. The lowest BCUT2D eigenvalue weighted by molar-refractivity contribution is 0.101. The zero-order valence-corrected chi connectivity index (χ0v) is 19.4. The van der Waals surface area contributed by atoms with Crippen LogP contribution >= 0.6 is 0 Å². The molecule has 0 atom stereocenters. The number of rotatable bonds is 6. The highest BCUT2D eigenvalue weighted by Gasteiger charge is 2.14. The van der Waals surface area contributed by atoms with E-state index in [1.54, 1.807) is 48.0 Å². The molecule has 3 heterocycles. The summed E-state index contributed by atoms with van der Waals surface area (Å²) in [6.45, 7) is 5.69. The number of nitrogens with one attached hydrogen (secondary N) is 1. The van der Waals surface area contributed by atoms with Gasteiger partial charge in [-0.1, -0.05) is 35.5 Å². The van der Waals surface area contributed by atoms with Gasteiger partial charge in [0, 0.05) is 29.1 Å². The maximum absolute atomic E-state index is 12.6. The van der Waals surface area contributed by atoms with E-state index in [1.807, 2.05) is 50.2 Å². The second-order valence-electron chi connectivity index (χ2n) is 7.97. The van der Waals surface area contributed by atoms with Crippen LogP contribution in [0.3, 0.4) is 0 Å². The van der Waals surface area contributed by atoms with Crippen LogP contribution in [0.5, 0.6) is 11.6 Å². The number of aromatic nitrogens is 5. The van der Waals surface area contributed by atoms with Gasteiger partial charge >= 0.3 is 0 Å². The number of hydrogen-bond donors (Lipinski definition) is 1. The number of benzene rings is 2. The van der Waals surface area contributed by atoms with Crippen LogP contribution in [-0.4, -0.2) is 30.8 Å². The fraction of sp³-hybridized carbons (Fsp3) is 0.115. The van der Waals surface area contributed by atoms with Crippen molar-refractivity contribution in [1.29, 1.82) is 0 Å². The van der Waals surface area contributed by atoms with Gasteiger partial charge in [-0.25, -0.2) is 9.67 Å². The Hall–Kier alpha value is -4.79. The smallest absolute Gasteiger partial charge is 0.277 e. The molecule has 0 saturated carbocycles. The molecule has 174 valence electrons. The average Bonchev–Trinajstić information content (AvgIpc) is 3.47. The largest absolute Gasteiger partial charge is 0.439 e. The van der Waals surface area contributed by atoms with Crippen molar-refractivity contribution in [2.75, 3.05) is 5.32 Å². The number of hydrogen-bond acceptors (Lipinski definition) is 7. The summed E-state index contributed by atoms with van der Waals surface area (Å²) in [6.07, 6.45) is 0. The molecule has 0 fully saturated rings. The van der Waals surface area contributed by atoms with E-state index < -0.39 is 0 Å². The lowest BCUT2D eigenvalue weighted by Gasteiger charge is -2.09. The molecule has 0 aliphatic rings. The minimum Gasteiger partial charge on any atom is -0.439 e. The van der Waals surface area contributed by atoms with Gasteiger partial charge in [0.25, 0.3) is 5.91 Å². The van der Waals surface area contributed by atoms with Gasteiger partial charge < -0.3 is 14.6 Å². The molecule has 0 unspecified atom stereocenters. The topological polar surface area (TPSA) is 108 Å². The minimum absolute atomic E-state index is 0.192. The first-order valence-electron chi connectivity index (χ1n) is 11.0. The molecule has 0 radical (unpaired) electrons. The van der Waals surface area contributed by atoms with Gasteiger partial charge in [0.1, 0.15) is 11.6 Å². The standard InChI is InChI=1S/C26H22N6O3/c1-16-13-17(2)32(30-16)24-15-25(28-18(3)27-24)34-21-11-9-20(10-12-21)29-26(33)22-14-23(35-31-22)19-7-5-4-6-8-19/h4-15H,1-3H3,(H,29,33). The van der Waals surface area contributed by atoms with Crippen molar-refractivity contribution in [3.8, 4) is 28.8 Å². The van der Waals surface area contributed by atoms with E-state index in [9.17, 15) is 4.79 Å². The summed E-state index contributed by atoms with van der Waals surface area (Å²) < 4.78 is 13.0. The molecular weight excluding hydrogens is 444 g/mol. The summed E-state index contributed by atoms with van der Waals surface area (Å²) >= 11 is 0. The molecule has 0 saturated heterocycles. The van der Waals surface area contributed by atoms with Crippen LogP contribution < -0.4 is 10.1 Å². The Kier molecular flexibility index (Phi) is 5.80. The van der Waals surface area contributed by atoms with E-state index in [0.717, 1.165) is 17.0 Å². The zero-order valence-electron chi connectivity index (χ0n) is 19.4. The van der Waals surface area contributed by atoms with Crippen LogP contribution in [0.15, 0.2) is 77.3 Å². The maximum Gasteiger partial charge on any atom is 0.277 e. The highest BCUT2D eigenvalue weighted by Crippen LogP contribution is 2.24. The molecule has 35 heavy (non-hydrogen) atoms. The molecule has 1 amide bonds. The van der Waals surface area contributed by atoms with Crippen molar-refractivity contribution in [3.05, 3.63) is 95.7 Å². The second kappa shape index (κ2) is 9.22. The predicted molar refractivity (Wildman–Crippen MR) is 130 cm³/mol. The van der Waals surface area contributed by atoms with Crippen molar-refractivity contribution in [2.24, 2.45) is 0 Å². The van der Waals surface area contributed by atoms with E-state index in [0.29, 0.717) is 34.7 Å². The Morgan fingerprint density at radius 3 is 2.43 bits per heavy atom. The molecule has 9 heteroatoms. The van der Waals surface area contributed by atoms with Crippen LogP contribution in [0, 0.1) is 20.8 Å². The third kappa shape index (κ3) is 4.93. The summed E-state index contributed by atoms with van der Waals surface area (Å²) in [5, 5.41) is 11.2. The summed E-state index contributed by atoms with van der Waals surface area (Å²) in [6, 6.07) is 21.8. The lowest BCUT2D eigenvalue weighted by atomic mass is 10.1. The molecule has 0 aliphatic carbocycles. The molecule has 2 aromatic carbocycles. The normalized spacial score (nSPS) is 10.8. The fourth-order valence-electron chi connectivity index (χ4n) is 3.59. The first-order valence-corrected chi connectivity index (χ1v) is 11.0. The number of ether oxygens (including phenoxy) is 1. The third-order valence-electron chi connectivity index (χ3n) is 5.16. The second-order valence-corrected chi connectivity index (χ2v) is 7.97. The molecule has 0 aliphatic heterocycles. The molecule has 9 nitrogen and oxygen atoms in total. The van der Waals surface area contributed by atoms with Gasteiger partial charge in [-0.15, -0.1) is 0 Å². The van der Waals surface area contributed by atoms with Crippen molar-refractivity contribution in [1.82, 2.24) is 24.9 Å². The summed E-state index contributed by atoms with van der Waals surface area (Å²) in [4.78, 5) is 21.4. The Morgan fingerprint density at radius 1 is 0.943 bits per heavy atom. The number of anilines is 1. The highest BCUT2D eigenvalue weighted by atomic mass is 16.5. The van der Waals surface area contributed by atoms with Crippen LogP contribution in [-0.2, 0) is 0 Å². The van der Waals surface area contributed by atoms with Gasteiger partial charge in [-0.05, 0) is 51.1 Å². The number of amides is 1. The first kappa shape index (κ1) is 22.0. The monoisotopic (exact) mass is 466 g/mol. The third-order valence-corrected chi connectivity index (χ3v) is 5.16. The lowest BCUT2D eigenvalue weighted by Crippen LogP contribution is -2.12. The zero-order chi connectivity index (χ0) is 24.4. The fourth-order valence-corrected chi connectivity index (χ4v) is 3.59. The van der Waals surface area contributed by atoms with Crippen LogP contribution in [0.2, 0.25) is 0 Å². The van der Waals surface area contributed by atoms with Crippen molar-refractivity contribution >= 4 is 11.6 Å². The van der Waals surface area contributed by atoms with E-state index in [2.05, 4.69) is 25.5 Å². The Balaban J connectivity index is 1.27. The molecule has 0 bridgehead atoms. The average molecular weight is 467 g/mol. The molecule has 0 spiro atoms. The Bertz CT molecular complexity index is 1490. The molecule has 5 aromatic rings. The SMILES string of the molecule is Cc1cc(C)n(-c2cc(Oc3ccc(NC(=O)c4cc(-c5ccccc5)on4)cc3)nc(C)n2)n1. The summed E-state index contributed by atoms with van der Waals surface area (Å²) in [5.74, 6) is 2.31. The van der Waals surface area contributed by atoms with E-state index in [1.165, 1.54) is 0 Å². The van der Waals surface area contributed by atoms with Crippen molar-refractivity contribution in [3.63, 3.8) is 0 Å². The first-order chi connectivity index (χ1) is 16.9. The quantitative estimate of drug-likeness (QED) is 0.362. The van der Waals surface area contributed by atoms with E-state index >= 15 is 0 Å². The maximum atomic E-state index is 12.6. The van der Waals surface area contributed by atoms with Gasteiger partial charge in [0.2, 0.25) is 5.88 Å². The predicted octanol–water partition coefficient (Wildman–Crippen LogP) is 5.29. The van der Waals surface area contributed by atoms with Gasteiger partial charge in [0.15, 0.2) is 17.3 Å². The van der Waals surface area contributed by atoms with Crippen LogP contribution in [0.1, 0.15) is 27.7 Å². The molecule has 1 N–H and O–H groups in total. The summed E-state index contributed by atoms with van der Waals surface area (Å²) in [5.41, 5.74) is 3.50. The Labute approximate surface area is 201 Å². The number of carbonyl (C=O) groups is 1. The van der Waals surface area contributed by atoms with Gasteiger partial charge in [-0.3, -0.25) is 4.79 Å². The summed E-state index contributed by atoms with van der Waals surface area (Å²) in [7, 11) is 0. The molecular formula is C26H22N6O3. The van der Waals surface area contributed by atoms with E-state index in [4.69, 9.17) is 9.26 Å². The van der Waals surface area contributed by atoms with E-state index in [-0.39, 0.29) is 11.6 Å². The van der Waals surface area contributed by atoms with Gasteiger partial charge in [0.05, 0.1) is 5.69 Å². The highest BCUT2D eigenvalue weighted by molar-refractivity contribution is 6.03. The molecule has 5 rings (SSSR count). The van der Waals surface area contributed by atoms with Crippen molar-refractivity contribution < 1.29 is 14.1 Å². The van der Waals surface area contributed by atoms with Crippen molar-refractivity contribution in [2.45, 2.75) is 20.8 Å². The van der Waals surface area contributed by atoms with Crippen LogP contribution in [0.25, 0.3) is 17.1 Å². The Morgan fingerprint density at radius 2 is 1.71 bits per heavy atom. The van der Waals surface area contributed by atoms with Crippen LogP contribution in [0.4, 0.5) is 5.69 Å². The number of aryl methyl sites for hydroxylation is 3. The van der Waals surface area contributed by atoms with Gasteiger partial charge in [-0.2, -0.15) is 10.1 Å². The number of carbonyl (C=O) groups excluding carboxylic acids is 1.